The lowest BCUT2D eigenvalue weighted by Gasteiger charge is -2.06. The standard InChI is InChI=1S/C16H17N3O3/c1-21-14-6-7-15(22-2)12(9-14)10-18-19-16(20)11-4-3-5-13(17)8-11/h3-10H,17H2,1-2H3,(H,19,20)/b18-10-. The highest BCUT2D eigenvalue weighted by Gasteiger charge is 2.05. The molecule has 114 valence electrons. The van der Waals surface area contributed by atoms with Gasteiger partial charge in [-0.3, -0.25) is 4.79 Å². The van der Waals surface area contributed by atoms with Crippen LogP contribution >= 0.6 is 0 Å². The largest absolute Gasteiger partial charge is 0.497 e. The number of nitrogens with zero attached hydrogens (tertiary/aromatic N) is 1. The van der Waals surface area contributed by atoms with Crippen LogP contribution in [0.4, 0.5) is 5.69 Å². The maximum Gasteiger partial charge on any atom is 0.271 e. The number of amides is 1. The highest BCUT2D eigenvalue weighted by molar-refractivity contribution is 5.95. The van der Waals surface area contributed by atoms with Crippen molar-refractivity contribution in [3.63, 3.8) is 0 Å². The molecule has 0 spiro atoms. The lowest BCUT2D eigenvalue weighted by molar-refractivity contribution is 0.0955. The molecule has 22 heavy (non-hydrogen) atoms. The Morgan fingerprint density at radius 3 is 2.68 bits per heavy atom. The number of anilines is 1. The average Bonchev–Trinajstić information content (AvgIpc) is 2.54. The van der Waals surface area contributed by atoms with Crippen molar-refractivity contribution in [3.8, 4) is 11.5 Å². The number of nitrogens with two attached hydrogens (primary N) is 1. The van der Waals surface area contributed by atoms with Crippen molar-refractivity contribution in [3.05, 3.63) is 53.6 Å². The van der Waals surface area contributed by atoms with Gasteiger partial charge in [-0.15, -0.1) is 0 Å². The van der Waals surface area contributed by atoms with Crippen LogP contribution in [0, 0.1) is 0 Å². The quantitative estimate of drug-likeness (QED) is 0.502. The molecular formula is C16H17N3O3. The first kappa shape index (κ1) is 15.4. The van der Waals surface area contributed by atoms with Gasteiger partial charge in [0, 0.05) is 16.8 Å². The zero-order valence-electron chi connectivity index (χ0n) is 12.4. The molecule has 0 radical (unpaired) electrons. The number of nitrogen functional groups attached to an aromatic ring is 1. The number of methoxy groups -OCH3 is 2. The van der Waals surface area contributed by atoms with Gasteiger partial charge in [-0.25, -0.2) is 5.43 Å². The average molecular weight is 299 g/mol. The second-order valence-electron chi connectivity index (χ2n) is 4.43. The minimum Gasteiger partial charge on any atom is -0.497 e. The Morgan fingerprint density at radius 1 is 1.18 bits per heavy atom. The van der Waals surface area contributed by atoms with Gasteiger partial charge < -0.3 is 15.2 Å². The molecule has 0 aliphatic rings. The summed E-state index contributed by atoms with van der Waals surface area (Å²) in [5.41, 5.74) is 9.73. The van der Waals surface area contributed by atoms with E-state index in [0.717, 1.165) is 0 Å². The first-order valence-electron chi connectivity index (χ1n) is 6.55. The first-order valence-corrected chi connectivity index (χ1v) is 6.55. The van der Waals surface area contributed by atoms with Gasteiger partial charge in [0.05, 0.1) is 20.4 Å². The molecule has 0 saturated heterocycles. The first-order chi connectivity index (χ1) is 10.6. The van der Waals surface area contributed by atoms with Gasteiger partial charge >= 0.3 is 0 Å². The Morgan fingerprint density at radius 2 is 2.00 bits per heavy atom. The molecular weight excluding hydrogens is 282 g/mol. The third kappa shape index (κ3) is 3.76. The van der Waals surface area contributed by atoms with Crippen molar-refractivity contribution in [2.45, 2.75) is 0 Å². The zero-order valence-corrected chi connectivity index (χ0v) is 12.4. The Kier molecular flexibility index (Phi) is 4.98. The van der Waals surface area contributed by atoms with E-state index >= 15 is 0 Å². The van der Waals surface area contributed by atoms with Crippen molar-refractivity contribution >= 4 is 17.8 Å². The number of ether oxygens (including phenoxy) is 2. The molecule has 0 saturated carbocycles. The second kappa shape index (κ2) is 7.12. The molecule has 0 bridgehead atoms. The summed E-state index contributed by atoms with van der Waals surface area (Å²) in [6.45, 7) is 0. The molecule has 0 aliphatic carbocycles. The molecule has 2 aromatic carbocycles. The van der Waals surface area contributed by atoms with Gasteiger partial charge in [0.2, 0.25) is 0 Å². The zero-order chi connectivity index (χ0) is 15.9. The van der Waals surface area contributed by atoms with E-state index in [-0.39, 0.29) is 5.91 Å². The molecule has 6 heteroatoms. The van der Waals surface area contributed by atoms with Gasteiger partial charge in [-0.05, 0) is 36.4 Å². The number of carbonyl (C=O) groups excluding carboxylic acids is 1. The predicted molar refractivity (Wildman–Crippen MR) is 85.5 cm³/mol. The third-order valence-electron chi connectivity index (χ3n) is 2.96. The minimum absolute atomic E-state index is 0.342. The summed E-state index contributed by atoms with van der Waals surface area (Å²) in [5.74, 6) is 0.956. The van der Waals surface area contributed by atoms with Crippen LogP contribution < -0.4 is 20.6 Å². The number of carbonyl (C=O) groups is 1. The molecule has 1 amide bonds. The van der Waals surface area contributed by atoms with Crippen molar-refractivity contribution in [2.24, 2.45) is 5.10 Å². The monoisotopic (exact) mass is 299 g/mol. The maximum atomic E-state index is 11.9. The van der Waals surface area contributed by atoms with Gasteiger partial charge in [-0.1, -0.05) is 6.07 Å². The topological polar surface area (TPSA) is 85.9 Å². The van der Waals surface area contributed by atoms with E-state index in [4.69, 9.17) is 15.2 Å². The Balaban J connectivity index is 2.10. The fourth-order valence-corrected chi connectivity index (χ4v) is 1.85. The summed E-state index contributed by atoms with van der Waals surface area (Å²) in [5, 5.41) is 3.93. The molecule has 0 heterocycles. The SMILES string of the molecule is COc1ccc(OC)c(/C=N\NC(=O)c2cccc(N)c2)c1. The maximum absolute atomic E-state index is 11.9. The molecule has 0 atom stereocenters. The van der Waals surface area contributed by atoms with Crippen LogP contribution in [-0.4, -0.2) is 26.3 Å². The van der Waals surface area contributed by atoms with Crippen LogP contribution in [0.3, 0.4) is 0 Å². The lowest BCUT2D eigenvalue weighted by Crippen LogP contribution is -2.17. The normalized spacial score (nSPS) is 10.5. The number of nitrogens with one attached hydrogen (secondary N) is 1. The van der Waals surface area contributed by atoms with Gasteiger partial charge in [-0.2, -0.15) is 5.10 Å². The molecule has 0 fully saturated rings. The van der Waals surface area contributed by atoms with E-state index in [1.807, 2.05) is 0 Å². The fraction of sp³-hybridized carbons (Fsp3) is 0.125. The molecule has 0 aromatic heterocycles. The summed E-state index contributed by atoms with van der Waals surface area (Å²) in [6.07, 6.45) is 1.49. The third-order valence-corrected chi connectivity index (χ3v) is 2.96. The Bertz CT molecular complexity index is 699. The van der Waals surface area contributed by atoms with Crippen LogP contribution in [0.2, 0.25) is 0 Å². The van der Waals surface area contributed by atoms with E-state index in [2.05, 4.69) is 10.5 Å². The highest BCUT2D eigenvalue weighted by Crippen LogP contribution is 2.22. The van der Waals surface area contributed by atoms with E-state index < -0.39 is 0 Å². The summed E-state index contributed by atoms with van der Waals surface area (Å²) in [4.78, 5) is 11.9. The van der Waals surface area contributed by atoms with E-state index in [1.165, 1.54) is 6.21 Å². The molecule has 0 unspecified atom stereocenters. The fourth-order valence-electron chi connectivity index (χ4n) is 1.85. The van der Waals surface area contributed by atoms with Crippen LogP contribution in [-0.2, 0) is 0 Å². The van der Waals surface area contributed by atoms with Crippen LogP contribution in [0.5, 0.6) is 11.5 Å². The molecule has 6 nitrogen and oxygen atoms in total. The van der Waals surface area contributed by atoms with Crippen molar-refractivity contribution in [2.75, 3.05) is 20.0 Å². The van der Waals surface area contributed by atoms with Crippen LogP contribution in [0.25, 0.3) is 0 Å². The number of hydrogen-bond donors (Lipinski definition) is 2. The Hall–Kier alpha value is -3.02. The highest BCUT2D eigenvalue weighted by atomic mass is 16.5. The number of benzene rings is 2. The van der Waals surface area contributed by atoms with Crippen molar-refractivity contribution in [1.29, 1.82) is 0 Å². The lowest BCUT2D eigenvalue weighted by atomic mass is 10.2. The van der Waals surface area contributed by atoms with Crippen molar-refractivity contribution in [1.82, 2.24) is 5.43 Å². The van der Waals surface area contributed by atoms with Crippen molar-refractivity contribution < 1.29 is 14.3 Å². The summed E-state index contributed by atoms with van der Waals surface area (Å²) >= 11 is 0. The molecule has 0 aliphatic heterocycles. The minimum atomic E-state index is -0.342. The van der Waals surface area contributed by atoms with Gasteiger partial charge in [0.15, 0.2) is 0 Å². The second-order valence-corrected chi connectivity index (χ2v) is 4.43. The van der Waals surface area contributed by atoms with Crippen LogP contribution in [0.15, 0.2) is 47.6 Å². The summed E-state index contributed by atoms with van der Waals surface area (Å²) < 4.78 is 10.4. The number of rotatable bonds is 5. The van der Waals surface area contributed by atoms with E-state index in [0.29, 0.717) is 28.3 Å². The van der Waals surface area contributed by atoms with Gasteiger partial charge in [0.25, 0.3) is 5.91 Å². The van der Waals surface area contributed by atoms with E-state index in [9.17, 15) is 4.79 Å². The smallest absolute Gasteiger partial charge is 0.271 e. The molecule has 2 aromatic rings. The summed E-state index contributed by atoms with van der Waals surface area (Å²) in [7, 11) is 3.13. The Labute approximate surface area is 128 Å². The predicted octanol–water partition coefficient (Wildman–Crippen LogP) is 2.05. The van der Waals surface area contributed by atoms with Crippen LogP contribution in [0.1, 0.15) is 15.9 Å². The van der Waals surface area contributed by atoms with Gasteiger partial charge in [0.1, 0.15) is 11.5 Å². The summed E-state index contributed by atoms with van der Waals surface area (Å²) in [6, 6.07) is 12.0. The number of hydrogen-bond acceptors (Lipinski definition) is 5. The number of hydrazone groups is 1. The molecule has 2 rings (SSSR count). The molecule has 3 N–H and O–H groups in total. The van der Waals surface area contributed by atoms with E-state index in [1.54, 1.807) is 56.7 Å².